The summed E-state index contributed by atoms with van der Waals surface area (Å²) in [4.78, 5) is 25.2. The topological polar surface area (TPSA) is 87.5 Å². The van der Waals surface area contributed by atoms with Crippen molar-refractivity contribution in [1.29, 1.82) is 0 Å². The summed E-state index contributed by atoms with van der Waals surface area (Å²) in [6.45, 7) is 0. The molecule has 0 aromatic carbocycles. The zero-order valence-corrected chi connectivity index (χ0v) is 9.14. The molecule has 0 fully saturated rings. The van der Waals surface area contributed by atoms with Crippen molar-refractivity contribution in [3.8, 4) is 0 Å². The second-order valence-corrected chi connectivity index (χ2v) is 3.62. The first-order valence-electron chi connectivity index (χ1n) is 4.07. The van der Waals surface area contributed by atoms with Gasteiger partial charge in [-0.25, -0.2) is 4.98 Å². The molecule has 0 aliphatic rings. The molecule has 0 bridgehead atoms. The van der Waals surface area contributed by atoms with Gasteiger partial charge in [0.2, 0.25) is 0 Å². The highest BCUT2D eigenvalue weighted by Gasteiger charge is 2.25. The summed E-state index contributed by atoms with van der Waals surface area (Å²) in [7, 11) is 0. The minimum atomic E-state index is -1.17. The summed E-state index contributed by atoms with van der Waals surface area (Å²) in [5, 5.41) is 17.5. The first kappa shape index (κ1) is 11.6. The zero-order chi connectivity index (χ0) is 11.4. The van der Waals surface area contributed by atoms with Crippen molar-refractivity contribution in [3.05, 3.63) is 28.5 Å². The van der Waals surface area contributed by atoms with Gasteiger partial charge in [0.05, 0.1) is 12.3 Å². The van der Waals surface area contributed by atoms with Crippen LogP contribution in [0.15, 0.2) is 22.9 Å². The maximum Gasteiger partial charge on any atom is 0.311 e. The van der Waals surface area contributed by atoms with Crippen LogP contribution in [0.25, 0.3) is 0 Å². The molecule has 1 heterocycles. The third-order valence-electron chi connectivity index (χ3n) is 1.84. The van der Waals surface area contributed by atoms with Gasteiger partial charge in [-0.3, -0.25) is 9.59 Å². The van der Waals surface area contributed by atoms with Crippen LogP contribution in [-0.4, -0.2) is 27.1 Å². The van der Waals surface area contributed by atoms with Gasteiger partial charge in [0.25, 0.3) is 0 Å². The Morgan fingerprint density at radius 1 is 1.47 bits per heavy atom. The summed E-state index contributed by atoms with van der Waals surface area (Å²) in [6.07, 6.45) is 1.03. The quantitative estimate of drug-likeness (QED) is 0.812. The van der Waals surface area contributed by atoms with Crippen molar-refractivity contribution < 1.29 is 19.8 Å². The first-order chi connectivity index (χ1) is 7.02. The Kier molecular flexibility index (Phi) is 3.79. The van der Waals surface area contributed by atoms with E-state index >= 15 is 0 Å². The van der Waals surface area contributed by atoms with Crippen molar-refractivity contribution in [2.24, 2.45) is 0 Å². The van der Waals surface area contributed by atoms with Crippen molar-refractivity contribution in [3.63, 3.8) is 0 Å². The fraction of sp³-hybridized carbons (Fsp3) is 0.222. The van der Waals surface area contributed by atoms with Crippen LogP contribution in [0.4, 0.5) is 0 Å². The Morgan fingerprint density at radius 2 is 2.13 bits per heavy atom. The van der Waals surface area contributed by atoms with Gasteiger partial charge in [-0.15, -0.1) is 0 Å². The normalized spacial score (nSPS) is 12.1. The molecule has 5 nitrogen and oxygen atoms in total. The lowest BCUT2D eigenvalue weighted by atomic mass is 9.98. The fourth-order valence-corrected chi connectivity index (χ4v) is 1.69. The number of aromatic nitrogens is 1. The van der Waals surface area contributed by atoms with Crippen LogP contribution in [0.2, 0.25) is 0 Å². The molecule has 0 spiro atoms. The molecule has 6 heteroatoms. The first-order valence-corrected chi connectivity index (χ1v) is 4.86. The molecule has 80 valence electrons. The number of hydrogen-bond donors (Lipinski definition) is 2. The monoisotopic (exact) mass is 273 g/mol. The SMILES string of the molecule is O=C(O)CC(C(=O)O)c1cccnc1Br. The molecule has 0 amide bonds. The summed E-state index contributed by atoms with van der Waals surface area (Å²) in [5.41, 5.74) is 0.368. The molecule has 2 N–H and O–H groups in total. The second-order valence-electron chi connectivity index (χ2n) is 2.87. The van der Waals surface area contributed by atoms with E-state index < -0.39 is 24.3 Å². The van der Waals surface area contributed by atoms with Gasteiger partial charge in [-0.2, -0.15) is 0 Å². The Hall–Kier alpha value is -1.43. The van der Waals surface area contributed by atoms with Gasteiger partial charge in [-0.1, -0.05) is 6.07 Å². The van der Waals surface area contributed by atoms with E-state index in [1.807, 2.05) is 0 Å². The molecule has 1 unspecified atom stereocenters. The Morgan fingerprint density at radius 3 is 2.60 bits per heavy atom. The number of pyridine rings is 1. The van der Waals surface area contributed by atoms with E-state index in [0.717, 1.165) is 0 Å². The average Bonchev–Trinajstić information content (AvgIpc) is 2.15. The molecule has 1 aromatic rings. The second kappa shape index (κ2) is 4.88. The van der Waals surface area contributed by atoms with Crippen LogP contribution in [0, 0.1) is 0 Å². The van der Waals surface area contributed by atoms with Crippen LogP contribution in [0.1, 0.15) is 17.9 Å². The van der Waals surface area contributed by atoms with E-state index in [1.54, 1.807) is 12.1 Å². The Labute approximate surface area is 93.9 Å². The van der Waals surface area contributed by atoms with Crippen molar-refractivity contribution in [2.75, 3.05) is 0 Å². The van der Waals surface area contributed by atoms with Gasteiger partial charge in [-0.05, 0) is 27.6 Å². The fourth-order valence-electron chi connectivity index (χ4n) is 1.16. The van der Waals surface area contributed by atoms with E-state index in [-0.39, 0.29) is 0 Å². The third kappa shape index (κ3) is 3.02. The maximum atomic E-state index is 10.9. The predicted molar refractivity (Wildman–Crippen MR) is 54.6 cm³/mol. The molecular formula is C9H8BrNO4. The molecule has 15 heavy (non-hydrogen) atoms. The van der Waals surface area contributed by atoms with Gasteiger partial charge in [0.1, 0.15) is 4.60 Å². The molecule has 0 saturated heterocycles. The number of aliphatic carboxylic acids is 2. The lowest BCUT2D eigenvalue weighted by Crippen LogP contribution is -2.16. The average molecular weight is 274 g/mol. The van der Waals surface area contributed by atoms with Gasteiger partial charge < -0.3 is 10.2 Å². The molecule has 1 rings (SSSR count). The molecule has 1 atom stereocenters. The molecule has 0 aliphatic heterocycles. The van der Waals surface area contributed by atoms with E-state index in [9.17, 15) is 9.59 Å². The number of carboxylic acid groups (broad SMARTS) is 2. The van der Waals surface area contributed by atoms with Crippen molar-refractivity contribution in [2.45, 2.75) is 12.3 Å². The van der Waals surface area contributed by atoms with Crippen LogP contribution >= 0.6 is 15.9 Å². The van der Waals surface area contributed by atoms with Crippen LogP contribution in [0.3, 0.4) is 0 Å². The number of halogens is 1. The molecule has 1 aromatic heterocycles. The van der Waals surface area contributed by atoms with E-state index in [0.29, 0.717) is 10.2 Å². The summed E-state index contributed by atoms with van der Waals surface area (Å²) >= 11 is 3.09. The number of hydrogen-bond acceptors (Lipinski definition) is 3. The number of rotatable bonds is 4. The van der Waals surface area contributed by atoms with Gasteiger partial charge >= 0.3 is 11.9 Å². The van der Waals surface area contributed by atoms with E-state index in [2.05, 4.69) is 20.9 Å². The number of carbonyl (C=O) groups is 2. The van der Waals surface area contributed by atoms with Crippen LogP contribution < -0.4 is 0 Å². The lowest BCUT2D eigenvalue weighted by Gasteiger charge is -2.10. The maximum absolute atomic E-state index is 10.9. The van der Waals surface area contributed by atoms with Crippen LogP contribution in [0.5, 0.6) is 0 Å². The highest BCUT2D eigenvalue weighted by Crippen LogP contribution is 2.25. The summed E-state index contributed by atoms with van der Waals surface area (Å²) < 4.78 is 0.360. The third-order valence-corrected chi connectivity index (χ3v) is 2.50. The summed E-state index contributed by atoms with van der Waals surface area (Å²) in [6, 6.07) is 3.11. The standard InChI is InChI=1S/C9H8BrNO4/c10-8-5(2-1-3-11-8)6(9(14)15)4-7(12)13/h1-3,6H,4H2,(H,12,13)(H,14,15). The Bertz CT molecular complexity index is 393. The highest BCUT2D eigenvalue weighted by atomic mass is 79.9. The number of nitrogens with zero attached hydrogens (tertiary/aromatic N) is 1. The zero-order valence-electron chi connectivity index (χ0n) is 7.55. The highest BCUT2D eigenvalue weighted by molar-refractivity contribution is 9.10. The van der Waals surface area contributed by atoms with E-state index in [4.69, 9.17) is 10.2 Å². The van der Waals surface area contributed by atoms with Crippen LogP contribution in [-0.2, 0) is 9.59 Å². The summed E-state index contributed by atoms with van der Waals surface area (Å²) in [5.74, 6) is -3.41. The minimum Gasteiger partial charge on any atom is -0.481 e. The molecule has 0 saturated carbocycles. The number of carboxylic acids is 2. The minimum absolute atomic E-state index is 0.360. The largest absolute Gasteiger partial charge is 0.481 e. The van der Waals surface area contributed by atoms with Crippen molar-refractivity contribution >= 4 is 27.9 Å². The van der Waals surface area contributed by atoms with E-state index in [1.165, 1.54) is 6.20 Å². The smallest absolute Gasteiger partial charge is 0.311 e. The lowest BCUT2D eigenvalue weighted by molar-refractivity contribution is -0.145. The van der Waals surface area contributed by atoms with Gasteiger partial charge in [0, 0.05) is 6.20 Å². The molecule has 0 aliphatic carbocycles. The Balaban J connectivity index is 3.04. The van der Waals surface area contributed by atoms with Crippen molar-refractivity contribution in [1.82, 2.24) is 4.98 Å². The molecular weight excluding hydrogens is 266 g/mol. The van der Waals surface area contributed by atoms with Gasteiger partial charge in [0.15, 0.2) is 0 Å². The molecule has 0 radical (unpaired) electrons. The predicted octanol–water partition coefficient (Wildman–Crippen LogP) is 1.49.